The van der Waals surface area contributed by atoms with Crippen molar-refractivity contribution < 1.29 is 19.1 Å². The molecule has 2 atom stereocenters. The third-order valence-corrected chi connectivity index (χ3v) is 4.19. The van der Waals surface area contributed by atoms with Gasteiger partial charge in [0.1, 0.15) is 12.0 Å². The summed E-state index contributed by atoms with van der Waals surface area (Å²) >= 11 is 0. The molecule has 0 spiro atoms. The Bertz CT molecular complexity index is 525. The Kier molecular flexibility index (Phi) is 3.48. The van der Waals surface area contributed by atoms with E-state index in [-0.39, 0.29) is 11.5 Å². The monoisotopic (exact) mass is 278 g/mol. The van der Waals surface area contributed by atoms with E-state index in [1.165, 1.54) is 6.26 Å². The summed E-state index contributed by atoms with van der Waals surface area (Å²) in [6.45, 7) is 2.45. The average molecular weight is 278 g/mol. The first-order chi connectivity index (χ1) is 9.61. The number of carbonyl (C=O) groups excluding carboxylic acids is 1. The minimum Gasteiger partial charge on any atom is -0.478 e. The molecule has 6 heteroatoms. The number of carboxylic acids is 1. The van der Waals surface area contributed by atoms with Crippen molar-refractivity contribution in [1.29, 1.82) is 0 Å². The highest BCUT2D eigenvalue weighted by molar-refractivity contribution is 5.87. The second kappa shape index (κ2) is 5.28. The topological polar surface area (TPSA) is 82.8 Å². The van der Waals surface area contributed by atoms with E-state index in [0.717, 1.165) is 25.9 Å². The summed E-state index contributed by atoms with van der Waals surface area (Å²) in [6.07, 6.45) is 3.78. The number of fused-ring (bicyclic) bond motifs is 1. The first-order valence-electron chi connectivity index (χ1n) is 6.94. The highest BCUT2D eigenvalue weighted by atomic mass is 16.4. The largest absolute Gasteiger partial charge is 0.478 e. The van der Waals surface area contributed by atoms with Crippen molar-refractivity contribution in [2.45, 2.75) is 31.8 Å². The minimum atomic E-state index is -0.964. The van der Waals surface area contributed by atoms with E-state index in [1.54, 1.807) is 6.07 Å². The molecule has 0 bridgehead atoms. The second-order valence-electron chi connectivity index (χ2n) is 5.60. The van der Waals surface area contributed by atoms with Crippen LogP contribution in [0.4, 0.5) is 0 Å². The van der Waals surface area contributed by atoms with Gasteiger partial charge in [-0.25, -0.2) is 4.79 Å². The summed E-state index contributed by atoms with van der Waals surface area (Å²) in [7, 11) is 0. The SMILES string of the molecule is O=C1CCC2CN(Cc3cc(C(=O)O)co3)CCC2N1. The van der Waals surface area contributed by atoms with Crippen LogP contribution < -0.4 is 5.32 Å². The van der Waals surface area contributed by atoms with Gasteiger partial charge in [-0.2, -0.15) is 0 Å². The molecule has 2 fully saturated rings. The molecule has 0 radical (unpaired) electrons. The number of likely N-dealkylation sites (tertiary alicyclic amines) is 1. The number of nitrogens with zero attached hydrogens (tertiary/aromatic N) is 1. The van der Waals surface area contributed by atoms with Crippen LogP contribution in [0, 0.1) is 5.92 Å². The van der Waals surface area contributed by atoms with Crippen LogP contribution in [0.5, 0.6) is 0 Å². The summed E-state index contributed by atoms with van der Waals surface area (Å²) in [5.41, 5.74) is 0.194. The maximum atomic E-state index is 11.4. The summed E-state index contributed by atoms with van der Waals surface area (Å²) in [5, 5.41) is 11.9. The standard InChI is InChI=1S/C14H18N2O4/c17-13-2-1-9-6-16(4-3-12(9)15-13)7-11-5-10(8-20-11)14(18)19/h5,8-9,12H,1-4,6-7H2,(H,15,17)(H,18,19). The zero-order valence-corrected chi connectivity index (χ0v) is 11.2. The van der Waals surface area contributed by atoms with Gasteiger partial charge < -0.3 is 14.8 Å². The lowest BCUT2D eigenvalue weighted by Gasteiger charge is -2.41. The number of furan rings is 1. The molecule has 6 nitrogen and oxygen atoms in total. The number of piperidine rings is 2. The van der Waals surface area contributed by atoms with Crippen LogP contribution in [0.3, 0.4) is 0 Å². The van der Waals surface area contributed by atoms with E-state index in [4.69, 9.17) is 9.52 Å². The second-order valence-corrected chi connectivity index (χ2v) is 5.60. The van der Waals surface area contributed by atoms with E-state index in [2.05, 4.69) is 10.2 Å². The van der Waals surface area contributed by atoms with E-state index >= 15 is 0 Å². The highest BCUT2D eigenvalue weighted by Crippen LogP contribution is 2.26. The Labute approximate surface area is 116 Å². The number of aromatic carboxylic acids is 1. The predicted molar refractivity (Wildman–Crippen MR) is 70.2 cm³/mol. The molecular weight excluding hydrogens is 260 g/mol. The highest BCUT2D eigenvalue weighted by Gasteiger charge is 2.33. The van der Waals surface area contributed by atoms with Gasteiger partial charge in [-0.1, -0.05) is 0 Å². The van der Waals surface area contributed by atoms with Gasteiger partial charge in [-0.15, -0.1) is 0 Å². The summed E-state index contributed by atoms with van der Waals surface area (Å²) < 4.78 is 5.29. The Morgan fingerprint density at radius 1 is 1.50 bits per heavy atom. The number of rotatable bonds is 3. The molecule has 0 aromatic carbocycles. The Morgan fingerprint density at radius 2 is 2.35 bits per heavy atom. The molecule has 0 aliphatic carbocycles. The van der Waals surface area contributed by atoms with Crippen LogP contribution in [0.15, 0.2) is 16.7 Å². The van der Waals surface area contributed by atoms with Crippen LogP contribution in [0.25, 0.3) is 0 Å². The van der Waals surface area contributed by atoms with Gasteiger partial charge in [-0.3, -0.25) is 9.69 Å². The average Bonchev–Trinajstić information content (AvgIpc) is 2.88. The molecule has 0 saturated carbocycles. The third kappa shape index (κ3) is 2.70. The number of amides is 1. The molecule has 1 aromatic rings. The van der Waals surface area contributed by atoms with E-state index in [9.17, 15) is 9.59 Å². The molecule has 3 rings (SSSR count). The van der Waals surface area contributed by atoms with Crippen molar-refractivity contribution in [3.8, 4) is 0 Å². The van der Waals surface area contributed by atoms with Crippen LogP contribution in [0.1, 0.15) is 35.4 Å². The Morgan fingerprint density at radius 3 is 3.10 bits per heavy atom. The molecular formula is C14H18N2O4. The number of hydrogen-bond donors (Lipinski definition) is 2. The molecule has 2 N–H and O–H groups in total. The lowest BCUT2D eigenvalue weighted by atomic mass is 9.85. The van der Waals surface area contributed by atoms with Crippen LogP contribution in [-0.4, -0.2) is 41.0 Å². The van der Waals surface area contributed by atoms with Gasteiger partial charge in [0.05, 0.1) is 12.1 Å². The first-order valence-corrected chi connectivity index (χ1v) is 6.94. The summed E-state index contributed by atoms with van der Waals surface area (Å²) in [5.74, 6) is 0.376. The fraction of sp³-hybridized carbons (Fsp3) is 0.571. The van der Waals surface area contributed by atoms with Gasteiger partial charge >= 0.3 is 5.97 Å². The summed E-state index contributed by atoms with van der Waals surface area (Å²) in [4.78, 5) is 24.4. The van der Waals surface area contributed by atoms with Crippen molar-refractivity contribution in [2.24, 2.45) is 5.92 Å². The van der Waals surface area contributed by atoms with Gasteiger partial charge in [-0.05, 0) is 24.8 Å². The zero-order valence-electron chi connectivity index (χ0n) is 11.2. The molecule has 2 aliphatic rings. The van der Waals surface area contributed by atoms with Crippen molar-refractivity contribution in [3.05, 3.63) is 23.7 Å². The number of carbonyl (C=O) groups is 2. The molecule has 3 heterocycles. The Balaban J connectivity index is 1.59. The number of nitrogens with one attached hydrogen (secondary N) is 1. The number of hydrogen-bond acceptors (Lipinski definition) is 4. The van der Waals surface area contributed by atoms with Crippen molar-refractivity contribution in [2.75, 3.05) is 13.1 Å². The lowest BCUT2D eigenvalue weighted by molar-refractivity contribution is -0.125. The van der Waals surface area contributed by atoms with Gasteiger partial charge in [0.2, 0.25) is 5.91 Å². The van der Waals surface area contributed by atoms with Crippen LogP contribution in [0.2, 0.25) is 0 Å². The fourth-order valence-electron chi connectivity index (χ4n) is 3.13. The van der Waals surface area contributed by atoms with Crippen molar-refractivity contribution in [3.63, 3.8) is 0 Å². The normalized spacial score (nSPS) is 26.9. The first kappa shape index (κ1) is 13.2. The Hall–Kier alpha value is -1.82. The van der Waals surface area contributed by atoms with Gasteiger partial charge in [0.15, 0.2) is 0 Å². The van der Waals surface area contributed by atoms with E-state index in [0.29, 0.717) is 30.7 Å². The van der Waals surface area contributed by atoms with E-state index in [1.807, 2.05) is 0 Å². The van der Waals surface area contributed by atoms with Crippen molar-refractivity contribution in [1.82, 2.24) is 10.2 Å². The maximum absolute atomic E-state index is 11.4. The van der Waals surface area contributed by atoms with E-state index < -0.39 is 5.97 Å². The minimum absolute atomic E-state index is 0.164. The molecule has 108 valence electrons. The zero-order chi connectivity index (χ0) is 14.1. The smallest absolute Gasteiger partial charge is 0.338 e. The predicted octanol–water partition coefficient (Wildman–Crippen LogP) is 1.08. The molecule has 2 unspecified atom stereocenters. The quantitative estimate of drug-likeness (QED) is 0.864. The molecule has 1 aromatic heterocycles. The number of carboxylic acid groups (broad SMARTS) is 1. The van der Waals surface area contributed by atoms with Crippen molar-refractivity contribution >= 4 is 11.9 Å². The summed E-state index contributed by atoms with van der Waals surface area (Å²) in [6, 6.07) is 1.88. The maximum Gasteiger partial charge on any atom is 0.338 e. The molecule has 1 amide bonds. The lowest BCUT2D eigenvalue weighted by Crippen LogP contribution is -2.53. The molecule has 2 aliphatic heterocycles. The third-order valence-electron chi connectivity index (χ3n) is 4.19. The van der Waals surface area contributed by atoms with Gasteiger partial charge in [0, 0.05) is 25.6 Å². The fourth-order valence-corrected chi connectivity index (χ4v) is 3.13. The van der Waals surface area contributed by atoms with Gasteiger partial charge in [0.25, 0.3) is 0 Å². The van der Waals surface area contributed by atoms with Crippen LogP contribution >= 0.6 is 0 Å². The molecule has 20 heavy (non-hydrogen) atoms. The van der Waals surface area contributed by atoms with Crippen LogP contribution in [-0.2, 0) is 11.3 Å². The molecule has 2 saturated heterocycles.